The molecule has 0 radical (unpaired) electrons. The number of hydrogen-bond donors (Lipinski definition) is 2. The van der Waals surface area contributed by atoms with Gasteiger partial charge in [0.1, 0.15) is 11.8 Å². The van der Waals surface area contributed by atoms with E-state index in [0.717, 1.165) is 37.2 Å². The van der Waals surface area contributed by atoms with E-state index in [4.69, 9.17) is 4.74 Å². The second-order valence-electron chi connectivity index (χ2n) is 7.93. The van der Waals surface area contributed by atoms with Gasteiger partial charge in [0, 0.05) is 20.1 Å². The van der Waals surface area contributed by atoms with E-state index in [1.807, 2.05) is 24.3 Å². The molecule has 28 heavy (non-hydrogen) atoms. The molecule has 1 aromatic carbocycles. The number of amides is 2. The van der Waals surface area contributed by atoms with Gasteiger partial charge in [-0.3, -0.25) is 14.5 Å². The molecular weight excluding hydrogens is 354 g/mol. The molecule has 2 fully saturated rings. The van der Waals surface area contributed by atoms with Gasteiger partial charge in [-0.05, 0) is 49.3 Å². The van der Waals surface area contributed by atoms with E-state index in [2.05, 4.69) is 15.5 Å². The van der Waals surface area contributed by atoms with Gasteiger partial charge < -0.3 is 15.4 Å². The number of carbonyl (C=O) groups excluding carboxylic acids is 2. The monoisotopic (exact) mass is 387 g/mol. The Labute approximate surface area is 168 Å². The van der Waals surface area contributed by atoms with E-state index in [1.165, 1.54) is 32.1 Å². The Bertz CT molecular complexity index is 655. The summed E-state index contributed by atoms with van der Waals surface area (Å²) in [5.41, 5.74) is 0.882. The molecule has 154 valence electrons. The van der Waals surface area contributed by atoms with Crippen molar-refractivity contribution in [3.63, 3.8) is 0 Å². The second-order valence-corrected chi connectivity index (χ2v) is 7.93. The van der Waals surface area contributed by atoms with Gasteiger partial charge in [-0.1, -0.05) is 31.4 Å². The van der Waals surface area contributed by atoms with Crippen LogP contribution in [0.25, 0.3) is 0 Å². The standard InChI is InChI=1S/C22H33N3O3/c1-23-22(27)20(17-10-12-18(28-2)13-11-17)25-14-6-9-19(25)21(26)24-15-16-7-4-3-5-8-16/h10-13,16,19-20H,3-9,14-15H2,1-2H3,(H,23,27)(H,24,26)/t19-,20+/m0/s1. The highest BCUT2D eigenvalue weighted by Crippen LogP contribution is 2.31. The molecule has 2 aliphatic rings. The lowest BCUT2D eigenvalue weighted by Gasteiger charge is -2.32. The number of benzene rings is 1. The van der Waals surface area contributed by atoms with Gasteiger partial charge in [-0.25, -0.2) is 0 Å². The molecule has 0 unspecified atom stereocenters. The van der Waals surface area contributed by atoms with Crippen molar-refractivity contribution in [3.8, 4) is 5.75 Å². The van der Waals surface area contributed by atoms with E-state index in [0.29, 0.717) is 5.92 Å². The number of methoxy groups -OCH3 is 1. The van der Waals surface area contributed by atoms with Crippen molar-refractivity contribution in [1.82, 2.24) is 15.5 Å². The summed E-state index contributed by atoms with van der Waals surface area (Å²) in [6, 6.07) is 6.82. The van der Waals surface area contributed by atoms with E-state index >= 15 is 0 Å². The molecule has 6 heteroatoms. The number of likely N-dealkylation sites (tertiary alicyclic amines) is 1. The van der Waals surface area contributed by atoms with Gasteiger partial charge in [-0.15, -0.1) is 0 Å². The summed E-state index contributed by atoms with van der Waals surface area (Å²) in [5, 5.41) is 5.94. The van der Waals surface area contributed by atoms with Gasteiger partial charge in [0.2, 0.25) is 11.8 Å². The van der Waals surface area contributed by atoms with Crippen LogP contribution in [0.2, 0.25) is 0 Å². The van der Waals surface area contributed by atoms with E-state index in [1.54, 1.807) is 14.2 Å². The van der Waals surface area contributed by atoms with E-state index < -0.39 is 6.04 Å². The first-order valence-corrected chi connectivity index (χ1v) is 10.5. The van der Waals surface area contributed by atoms with Crippen LogP contribution in [-0.2, 0) is 9.59 Å². The molecule has 0 bridgehead atoms. The highest BCUT2D eigenvalue weighted by Gasteiger charge is 2.39. The summed E-state index contributed by atoms with van der Waals surface area (Å²) in [7, 11) is 3.27. The normalized spacial score (nSPS) is 21.9. The van der Waals surface area contributed by atoms with Crippen LogP contribution in [0, 0.1) is 5.92 Å². The number of nitrogens with one attached hydrogen (secondary N) is 2. The minimum Gasteiger partial charge on any atom is -0.497 e. The summed E-state index contributed by atoms with van der Waals surface area (Å²) in [6.45, 7) is 1.50. The molecule has 1 saturated carbocycles. The van der Waals surface area contributed by atoms with Crippen LogP contribution in [0.3, 0.4) is 0 Å². The Morgan fingerprint density at radius 2 is 1.82 bits per heavy atom. The first-order chi connectivity index (χ1) is 13.6. The number of rotatable bonds is 7. The summed E-state index contributed by atoms with van der Waals surface area (Å²) in [6.07, 6.45) is 7.99. The molecule has 0 aromatic heterocycles. The predicted octanol–water partition coefficient (Wildman–Crippen LogP) is 2.64. The van der Waals surface area contributed by atoms with Crippen LogP contribution in [-0.4, -0.2) is 50.0 Å². The van der Waals surface area contributed by atoms with Crippen molar-refractivity contribution >= 4 is 11.8 Å². The Hall–Kier alpha value is -2.08. The van der Waals surface area contributed by atoms with E-state index in [-0.39, 0.29) is 17.9 Å². The molecule has 3 rings (SSSR count). The van der Waals surface area contributed by atoms with Crippen LogP contribution >= 0.6 is 0 Å². The maximum absolute atomic E-state index is 12.9. The van der Waals surface area contributed by atoms with Crippen molar-refractivity contribution in [2.75, 3.05) is 27.2 Å². The van der Waals surface area contributed by atoms with Crippen molar-refractivity contribution in [2.24, 2.45) is 5.92 Å². The smallest absolute Gasteiger partial charge is 0.241 e. The van der Waals surface area contributed by atoms with Crippen LogP contribution in [0.5, 0.6) is 5.75 Å². The quantitative estimate of drug-likeness (QED) is 0.755. The first-order valence-electron chi connectivity index (χ1n) is 10.5. The molecular formula is C22H33N3O3. The Morgan fingerprint density at radius 1 is 1.11 bits per heavy atom. The maximum atomic E-state index is 12.9. The average Bonchev–Trinajstić information content (AvgIpc) is 3.22. The number of carbonyl (C=O) groups is 2. The maximum Gasteiger partial charge on any atom is 0.241 e. The van der Waals surface area contributed by atoms with Crippen LogP contribution in [0.15, 0.2) is 24.3 Å². The lowest BCUT2D eigenvalue weighted by Crippen LogP contribution is -2.49. The van der Waals surface area contributed by atoms with Gasteiger partial charge >= 0.3 is 0 Å². The zero-order chi connectivity index (χ0) is 19.9. The van der Waals surface area contributed by atoms with Gasteiger partial charge in [-0.2, -0.15) is 0 Å². The average molecular weight is 388 g/mol. The van der Waals surface area contributed by atoms with Crippen LogP contribution in [0.1, 0.15) is 56.6 Å². The fraction of sp³-hybridized carbons (Fsp3) is 0.636. The van der Waals surface area contributed by atoms with Crippen LogP contribution < -0.4 is 15.4 Å². The molecule has 1 aliphatic heterocycles. The summed E-state index contributed by atoms with van der Waals surface area (Å²) in [5.74, 6) is 1.33. The second kappa shape index (κ2) is 9.92. The first kappa shape index (κ1) is 20.6. The molecule has 2 atom stereocenters. The third kappa shape index (κ3) is 4.85. The van der Waals surface area contributed by atoms with Crippen molar-refractivity contribution < 1.29 is 14.3 Å². The largest absolute Gasteiger partial charge is 0.497 e. The van der Waals surface area contributed by atoms with Crippen molar-refractivity contribution in [1.29, 1.82) is 0 Å². The number of nitrogens with zero attached hydrogens (tertiary/aromatic N) is 1. The van der Waals surface area contributed by atoms with Crippen molar-refractivity contribution in [2.45, 2.75) is 57.0 Å². The SMILES string of the molecule is CNC(=O)[C@@H](c1ccc(OC)cc1)N1CCC[C@H]1C(=O)NCC1CCCCC1. The highest BCUT2D eigenvalue weighted by atomic mass is 16.5. The molecule has 1 saturated heterocycles. The fourth-order valence-corrected chi connectivity index (χ4v) is 4.55. The third-order valence-corrected chi connectivity index (χ3v) is 6.14. The van der Waals surface area contributed by atoms with Crippen molar-refractivity contribution in [3.05, 3.63) is 29.8 Å². The lowest BCUT2D eigenvalue weighted by molar-refractivity contribution is -0.131. The molecule has 0 spiro atoms. The molecule has 2 amide bonds. The highest BCUT2D eigenvalue weighted by molar-refractivity contribution is 5.86. The van der Waals surface area contributed by atoms with Crippen LogP contribution in [0.4, 0.5) is 0 Å². The minimum absolute atomic E-state index is 0.0606. The minimum atomic E-state index is -0.469. The summed E-state index contributed by atoms with van der Waals surface area (Å²) >= 11 is 0. The number of ether oxygens (including phenoxy) is 1. The lowest BCUT2D eigenvalue weighted by atomic mass is 9.89. The summed E-state index contributed by atoms with van der Waals surface area (Å²) in [4.78, 5) is 27.7. The Kier molecular flexibility index (Phi) is 7.31. The molecule has 6 nitrogen and oxygen atoms in total. The molecule has 1 aromatic rings. The molecule has 1 heterocycles. The third-order valence-electron chi connectivity index (χ3n) is 6.14. The number of hydrogen-bond acceptors (Lipinski definition) is 4. The topological polar surface area (TPSA) is 70.7 Å². The molecule has 2 N–H and O–H groups in total. The predicted molar refractivity (Wildman–Crippen MR) is 109 cm³/mol. The number of likely N-dealkylation sites (N-methyl/N-ethyl adjacent to an activating group) is 1. The zero-order valence-corrected chi connectivity index (χ0v) is 17.1. The van der Waals surface area contributed by atoms with Gasteiger partial charge in [0.15, 0.2) is 0 Å². The zero-order valence-electron chi connectivity index (χ0n) is 17.1. The molecule has 1 aliphatic carbocycles. The summed E-state index contributed by atoms with van der Waals surface area (Å²) < 4.78 is 5.23. The van der Waals surface area contributed by atoms with Gasteiger partial charge in [0.25, 0.3) is 0 Å². The Balaban J connectivity index is 1.70. The fourth-order valence-electron chi connectivity index (χ4n) is 4.55. The van der Waals surface area contributed by atoms with E-state index in [9.17, 15) is 9.59 Å². The van der Waals surface area contributed by atoms with Gasteiger partial charge in [0.05, 0.1) is 13.2 Å². The Morgan fingerprint density at radius 3 is 2.46 bits per heavy atom.